The van der Waals surface area contributed by atoms with E-state index >= 15 is 0 Å². The van der Waals surface area contributed by atoms with E-state index in [9.17, 15) is 4.79 Å². The Kier molecular flexibility index (Phi) is 3.66. The van der Waals surface area contributed by atoms with Crippen LogP contribution in [0.4, 0.5) is 0 Å². The lowest BCUT2D eigenvalue weighted by Gasteiger charge is -2.14. The third kappa shape index (κ3) is 2.47. The van der Waals surface area contributed by atoms with E-state index in [1.807, 2.05) is 6.08 Å². The fourth-order valence-electron chi connectivity index (χ4n) is 1.52. The van der Waals surface area contributed by atoms with Crippen molar-refractivity contribution in [2.45, 2.75) is 12.8 Å². The lowest BCUT2D eigenvalue weighted by Crippen LogP contribution is -2.11. The Bertz CT molecular complexity index is 454. The maximum Gasteiger partial charge on any atom is 0.228 e. The third-order valence-electron chi connectivity index (χ3n) is 2.33. The summed E-state index contributed by atoms with van der Waals surface area (Å²) in [5, 5.41) is 0.544. The van der Waals surface area contributed by atoms with Crippen LogP contribution < -0.4 is 0 Å². The van der Waals surface area contributed by atoms with Crippen molar-refractivity contribution < 1.29 is 9.53 Å². The quantitative estimate of drug-likeness (QED) is 0.772. The summed E-state index contributed by atoms with van der Waals surface area (Å²) in [4.78, 5) is 12.1. The minimum Gasteiger partial charge on any atom is -0.490 e. The summed E-state index contributed by atoms with van der Waals surface area (Å²) >= 11 is 9.20. The third-order valence-corrected chi connectivity index (χ3v) is 3.26. The number of carbonyl (C=O) groups excluding carboxylic acids is 1. The van der Waals surface area contributed by atoms with Gasteiger partial charge in [0.2, 0.25) is 5.78 Å². The van der Waals surface area contributed by atoms with E-state index in [0.29, 0.717) is 23.0 Å². The number of ether oxygens (including phenoxy) is 1. The first-order valence-electron chi connectivity index (χ1n) is 5.01. The second kappa shape index (κ2) is 5.02. The molecule has 0 aromatic heterocycles. The molecule has 0 unspecified atom stereocenters. The average molecular weight is 302 g/mol. The van der Waals surface area contributed by atoms with Gasteiger partial charge in [-0.3, -0.25) is 4.79 Å². The van der Waals surface area contributed by atoms with Crippen LogP contribution in [0, 0.1) is 0 Å². The number of halogens is 2. The smallest absolute Gasteiger partial charge is 0.228 e. The molecule has 1 aromatic carbocycles. The molecule has 4 heteroatoms. The van der Waals surface area contributed by atoms with E-state index in [4.69, 9.17) is 16.3 Å². The van der Waals surface area contributed by atoms with Crippen molar-refractivity contribution in [3.8, 4) is 0 Å². The maximum absolute atomic E-state index is 12.1. The molecule has 0 saturated heterocycles. The van der Waals surface area contributed by atoms with Crippen molar-refractivity contribution in [3.05, 3.63) is 45.1 Å². The van der Waals surface area contributed by atoms with Gasteiger partial charge in [-0.05, 0) is 37.1 Å². The van der Waals surface area contributed by atoms with Gasteiger partial charge in [0.25, 0.3) is 0 Å². The van der Waals surface area contributed by atoms with Gasteiger partial charge in [-0.1, -0.05) is 27.5 Å². The zero-order chi connectivity index (χ0) is 11.5. The Morgan fingerprint density at radius 1 is 1.44 bits per heavy atom. The minimum atomic E-state index is -0.117. The number of benzene rings is 1. The highest BCUT2D eigenvalue weighted by atomic mass is 79.9. The van der Waals surface area contributed by atoms with Crippen LogP contribution in [0.5, 0.6) is 0 Å². The fraction of sp³-hybridized carbons (Fsp3) is 0.250. The number of rotatable bonds is 2. The molecule has 1 heterocycles. The second-order valence-corrected chi connectivity index (χ2v) is 4.80. The number of allylic oxidation sites excluding steroid dienone is 2. The molecule has 2 rings (SSSR count). The molecule has 0 fully saturated rings. The summed E-state index contributed by atoms with van der Waals surface area (Å²) in [6, 6.07) is 5.14. The highest BCUT2D eigenvalue weighted by Gasteiger charge is 2.18. The van der Waals surface area contributed by atoms with Crippen LogP contribution in [-0.2, 0) is 4.74 Å². The summed E-state index contributed by atoms with van der Waals surface area (Å²) in [5.41, 5.74) is 0.542. The highest BCUT2D eigenvalue weighted by molar-refractivity contribution is 9.10. The average Bonchev–Trinajstić information content (AvgIpc) is 2.32. The zero-order valence-electron chi connectivity index (χ0n) is 8.50. The van der Waals surface area contributed by atoms with Gasteiger partial charge in [0.05, 0.1) is 6.61 Å². The SMILES string of the molecule is O=C(C1=CCCCO1)c1cc(Cl)ccc1Br. The van der Waals surface area contributed by atoms with Gasteiger partial charge in [0.1, 0.15) is 0 Å². The Balaban J connectivity index is 2.33. The molecule has 0 spiro atoms. The van der Waals surface area contributed by atoms with Crippen LogP contribution in [0.25, 0.3) is 0 Å². The monoisotopic (exact) mass is 300 g/mol. The van der Waals surface area contributed by atoms with Gasteiger partial charge >= 0.3 is 0 Å². The van der Waals surface area contributed by atoms with Gasteiger partial charge in [0.15, 0.2) is 5.76 Å². The first-order chi connectivity index (χ1) is 7.68. The number of Topliss-reactive ketones (excluding diaryl/α,β-unsaturated/α-hetero) is 1. The van der Waals surface area contributed by atoms with Crippen molar-refractivity contribution in [2.75, 3.05) is 6.61 Å². The molecule has 2 nitrogen and oxygen atoms in total. The zero-order valence-corrected chi connectivity index (χ0v) is 10.8. The summed E-state index contributed by atoms with van der Waals surface area (Å²) in [6.45, 7) is 0.607. The Labute approximate surface area is 107 Å². The molecule has 0 atom stereocenters. The van der Waals surface area contributed by atoms with Crippen LogP contribution in [0.1, 0.15) is 23.2 Å². The normalized spacial score (nSPS) is 15.2. The predicted octanol–water partition coefficient (Wildman–Crippen LogP) is 3.98. The molecular weight excluding hydrogens is 291 g/mol. The van der Waals surface area contributed by atoms with E-state index in [2.05, 4.69) is 15.9 Å². The van der Waals surface area contributed by atoms with Crippen molar-refractivity contribution in [1.29, 1.82) is 0 Å². The fourth-order valence-corrected chi connectivity index (χ4v) is 2.12. The molecule has 16 heavy (non-hydrogen) atoms. The molecule has 0 aliphatic carbocycles. The van der Waals surface area contributed by atoms with Crippen molar-refractivity contribution >= 4 is 33.3 Å². The van der Waals surface area contributed by atoms with Crippen LogP contribution in [-0.4, -0.2) is 12.4 Å². The van der Waals surface area contributed by atoms with Crippen LogP contribution in [0.3, 0.4) is 0 Å². The topological polar surface area (TPSA) is 26.3 Å². The van der Waals surface area contributed by atoms with Crippen LogP contribution in [0.15, 0.2) is 34.5 Å². The van der Waals surface area contributed by atoms with E-state index < -0.39 is 0 Å². The molecule has 0 saturated carbocycles. The largest absolute Gasteiger partial charge is 0.490 e. The van der Waals surface area contributed by atoms with E-state index in [0.717, 1.165) is 17.3 Å². The first kappa shape index (κ1) is 11.7. The molecule has 1 aromatic rings. The van der Waals surface area contributed by atoms with E-state index in [1.54, 1.807) is 18.2 Å². The Morgan fingerprint density at radius 2 is 2.25 bits per heavy atom. The maximum atomic E-state index is 12.1. The Hall–Kier alpha value is -0.800. The van der Waals surface area contributed by atoms with Gasteiger partial charge in [-0.15, -0.1) is 0 Å². The number of carbonyl (C=O) groups is 1. The van der Waals surface area contributed by atoms with Crippen molar-refractivity contribution in [1.82, 2.24) is 0 Å². The molecule has 1 aliphatic rings. The molecule has 84 valence electrons. The lowest BCUT2D eigenvalue weighted by molar-refractivity contribution is 0.0898. The second-order valence-electron chi connectivity index (χ2n) is 3.51. The number of hydrogen-bond acceptors (Lipinski definition) is 2. The molecule has 0 bridgehead atoms. The molecule has 0 amide bonds. The lowest BCUT2D eigenvalue weighted by atomic mass is 10.1. The van der Waals surface area contributed by atoms with E-state index in [-0.39, 0.29) is 5.78 Å². The minimum absolute atomic E-state index is 0.117. The van der Waals surface area contributed by atoms with Gasteiger partial charge in [-0.2, -0.15) is 0 Å². The van der Waals surface area contributed by atoms with Crippen LogP contribution >= 0.6 is 27.5 Å². The molecule has 0 radical (unpaired) electrons. The summed E-state index contributed by atoms with van der Waals surface area (Å²) < 4.78 is 6.07. The van der Waals surface area contributed by atoms with Crippen molar-refractivity contribution in [2.24, 2.45) is 0 Å². The van der Waals surface area contributed by atoms with E-state index in [1.165, 1.54) is 0 Å². The standard InChI is InChI=1S/C12H10BrClO2/c13-10-5-4-8(14)7-9(10)12(15)11-3-1-2-6-16-11/h3-5,7H,1-2,6H2. The molecular formula is C12H10BrClO2. The van der Waals surface area contributed by atoms with Gasteiger partial charge < -0.3 is 4.74 Å². The summed E-state index contributed by atoms with van der Waals surface area (Å²) in [6.07, 6.45) is 3.69. The van der Waals surface area contributed by atoms with Crippen molar-refractivity contribution in [3.63, 3.8) is 0 Å². The number of hydrogen-bond donors (Lipinski definition) is 0. The highest BCUT2D eigenvalue weighted by Crippen LogP contribution is 2.25. The first-order valence-corrected chi connectivity index (χ1v) is 6.18. The molecule has 0 N–H and O–H groups in total. The van der Waals surface area contributed by atoms with Crippen LogP contribution in [0.2, 0.25) is 5.02 Å². The summed E-state index contributed by atoms with van der Waals surface area (Å²) in [7, 11) is 0. The Morgan fingerprint density at radius 3 is 2.94 bits per heavy atom. The summed E-state index contributed by atoms with van der Waals surface area (Å²) in [5.74, 6) is 0.309. The number of ketones is 1. The van der Waals surface area contributed by atoms with Gasteiger partial charge in [0, 0.05) is 15.1 Å². The molecule has 1 aliphatic heterocycles. The predicted molar refractivity (Wildman–Crippen MR) is 66.8 cm³/mol. The van der Waals surface area contributed by atoms with Gasteiger partial charge in [-0.25, -0.2) is 0 Å².